The average Bonchev–Trinajstić information content (AvgIpc) is 3.29. The van der Waals surface area contributed by atoms with E-state index in [9.17, 15) is 5.26 Å². The third-order valence-electron chi connectivity index (χ3n) is 13.7. The molecule has 4 bridgehead atoms. The number of nitrogens with zero attached hydrogens (tertiary/aromatic N) is 4. The van der Waals surface area contributed by atoms with Gasteiger partial charge in [0.25, 0.3) is 0 Å². The predicted octanol–water partition coefficient (Wildman–Crippen LogP) is 13.0. The first-order valence-corrected chi connectivity index (χ1v) is 20.7. The monoisotopic (exact) mass is 746 g/mol. The fourth-order valence-corrected chi connectivity index (χ4v) is 11.2. The van der Waals surface area contributed by atoms with Crippen LogP contribution >= 0.6 is 0 Å². The van der Waals surface area contributed by atoms with Crippen LogP contribution in [0.1, 0.15) is 48.8 Å². The zero-order valence-corrected chi connectivity index (χ0v) is 32.3. The Morgan fingerprint density at radius 3 is 1.45 bits per heavy atom. The molecule has 12 rings (SSSR count). The van der Waals surface area contributed by atoms with E-state index in [2.05, 4.69) is 103 Å². The van der Waals surface area contributed by atoms with E-state index in [1.807, 2.05) is 72.8 Å². The van der Waals surface area contributed by atoms with Crippen LogP contribution < -0.4 is 0 Å². The summed E-state index contributed by atoms with van der Waals surface area (Å²) in [5.74, 6) is 5.07. The molecule has 0 aliphatic heterocycles. The largest absolute Gasteiger partial charge is 0.208 e. The van der Waals surface area contributed by atoms with Crippen molar-refractivity contribution in [2.45, 2.75) is 37.5 Å². The molecule has 1 aromatic heterocycles. The summed E-state index contributed by atoms with van der Waals surface area (Å²) >= 11 is 0. The molecular weight excluding hydrogens is 705 g/mol. The van der Waals surface area contributed by atoms with Gasteiger partial charge in [0.05, 0.1) is 11.6 Å². The molecule has 0 radical (unpaired) electrons. The molecule has 0 N–H and O–H groups in total. The van der Waals surface area contributed by atoms with Crippen molar-refractivity contribution in [1.29, 1.82) is 5.26 Å². The van der Waals surface area contributed by atoms with Gasteiger partial charge in [0.2, 0.25) is 0 Å². The van der Waals surface area contributed by atoms with E-state index >= 15 is 0 Å². The van der Waals surface area contributed by atoms with Gasteiger partial charge < -0.3 is 0 Å². The maximum Gasteiger partial charge on any atom is 0.164 e. The van der Waals surface area contributed by atoms with Gasteiger partial charge in [-0.05, 0) is 118 Å². The fourth-order valence-electron chi connectivity index (χ4n) is 11.2. The summed E-state index contributed by atoms with van der Waals surface area (Å²) in [5, 5.41) is 11.6. The molecule has 4 nitrogen and oxygen atoms in total. The number of benzene rings is 7. The van der Waals surface area contributed by atoms with E-state index < -0.39 is 0 Å². The molecule has 0 spiro atoms. The Morgan fingerprint density at radius 2 is 0.914 bits per heavy atom. The molecule has 0 saturated heterocycles. The van der Waals surface area contributed by atoms with Crippen molar-refractivity contribution >= 4 is 10.8 Å². The van der Waals surface area contributed by atoms with E-state index in [0.717, 1.165) is 44.9 Å². The lowest BCUT2D eigenvalue weighted by Gasteiger charge is -2.62. The van der Waals surface area contributed by atoms with Gasteiger partial charge in [0.1, 0.15) is 0 Å². The SMILES string of the molecule is N#Cc1ccc(-c2ccc(C3(c4ccc(-c5ccc6c(-c7nc(-c8ccccc8)nc(-c8ccccc8)n7)cccc6c5)cc4)C4CC5CC(C4)CC3C5)cc2)cc1. The lowest BCUT2D eigenvalue weighted by Crippen LogP contribution is -2.56. The first kappa shape index (κ1) is 34.5. The summed E-state index contributed by atoms with van der Waals surface area (Å²) < 4.78 is 0. The zero-order chi connectivity index (χ0) is 38.6. The Bertz CT molecular complexity index is 2740. The molecule has 7 aromatic carbocycles. The summed E-state index contributed by atoms with van der Waals surface area (Å²) in [6.45, 7) is 0. The minimum atomic E-state index is 0.0230. The van der Waals surface area contributed by atoms with Gasteiger partial charge in [-0.25, -0.2) is 15.0 Å². The van der Waals surface area contributed by atoms with Gasteiger partial charge >= 0.3 is 0 Å². The summed E-state index contributed by atoms with van der Waals surface area (Å²) in [6.07, 6.45) is 6.76. The standard InChI is InChI=1S/C54H42N4/c55-34-35-14-16-38(17-15-35)39-18-23-45(24-19-39)54(47-29-36-28-37(31-47)32-48(54)30-36)46-25-20-40(21-26-46)43-22-27-49-44(33-43)12-7-13-50(49)53-57-51(41-8-3-1-4-9-41)56-52(58-53)42-10-5-2-6-11-42/h1-27,33,36-37,47-48H,28-32H2. The maximum atomic E-state index is 9.31. The normalized spacial score (nSPS) is 21.8. The van der Waals surface area contributed by atoms with Crippen molar-refractivity contribution in [2.24, 2.45) is 23.7 Å². The third kappa shape index (κ3) is 5.84. The predicted molar refractivity (Wildman–Crippen MR) is 233 cm³/mol. The number of hydrogen-bond acceptors (Lipinski definition) is 4. The van der Waals surface area contributed by atoms with E-state index in [1.165, 1.54) is 59.9 Å². The van der Waals surface area contributed by atoms with E-state index in [-0.39, 0.29) is 5.41 Å². The maximum absolute atomic E-state index is 9.31. The van der Waals surface area contributed by atoms with E-state index in [1.54, 1.807) is 0 Å². The fraction of sp³-hybridized carbons (Fsp3) is 0.185. The average molecular weight is 747 g/mol. The van der Waals surface area contributed by atoms with E-state index in [4.69, 9.17) is 15.0 Å². The lowest BCUT2D eigenvalue weighted by atomic mass is 9.42. The highest BCUT2D eigenvalue weighted by Crippen LogP contribution is 2.65. The number of fused-ring (bicyclic) bond motifs is 1. The lowest BCUT2D eigenvalue weighted by molar-refractivity contribution is -0.0418. The number of hydrogen-bond donors (Lipinski definition) is 0. The quantitative estimate of drug-likeness (QED) is 0.163. The Labute approximate surface area is 340 Å². The highest BCUT2D eigenvalue weighted by atomic mass is 15.0. The van der Waals surface area contributed by atoms with Gasteiger partial charge in [-0.3, -0.25) is 0 Å². The summed E-state index contributed by atoms with van der Waals surface area (Å²) in [5.41, 5.74) is 11.3. The minimum Gasteiger partial charge on any atom is -0.208 e. The summed E-state index contributed by atoms with van der Waals surface area (Å²) in [7, 11) is 0. The molecule has 278 valence electrons. The van der Waals surface area contributed by atoms with E-state index in [0.29, 0.717) is 34.9 Å². The molecule has 4 aliphatic rings. The number of aromatic nitrogens is 3. The van der Waals surface area contributed by atoms with Crippen LogP contribution in [0.25, 0.3) is 67.2 Å². The van der Waals surface area contributed by atoms with Crippen molar-refractivity contribution in [2.75, 3.05) is 0 Å². The van der Waals surface area contributed by atoms with Crippen molar-refractivity contribution in [3.63, 3.8) is 0 Å². The molecule has 8 aromatic rings. The van der Waals surface area contributed by atoms with Crippen LogP contribution in [0.2, 0.25) is 0 Å². The first-order chi connectivity index (χ1) is 28.6. The first-order valence-electron chi connectivity index (χ1n) is 20.7. The zero-order valence-electron chi connectivity index (χ0n) is 32.3. The van der Waals surface area contributed by atoms with Crippen molar-refractivity contribution in [3.8, 4) is 62.5 Å². The Balaban J connectivity index is 0.953. The molecular formula is C54H42N4. The highest BCUT2D eigenvalue weighted by Gasteiger charge is 2.58. The molecule has 4 heteroatoms. The van der Waals surface area contributed by atoms with Gasteiger partial charge in [-0.1, -0.05) is 152 Å². The molecule has 4 aliphatic carbocycles. The molecule has 58 heavy (non-hydrogen) atoms. The van der Waals surface area contributed by atoms with Crippen LogP contribution in [0.4, 0.5) is 0 Å². The Kier molecular flexibility index (Phi) is 8.36. The van der Waals surface area contributed by atoms with Gasteiger partial charge in [0, 0.05) is 22.1 Å². The Hall–Kier alpha value is -6.70. The molecule has 0 atom stereocenters. The third-order valence-corrected chi connectivity index (χ3v) is 13.7. The van der Waals surface area contributed by atoms with Crippen LogP contribution in [-0.2, 0) is 5.41 Å². The van der Waals surface area contributed by atoms with Crippen LogP contribution in [0.3, 0.4) is 0 Å². The molecule has 1 heterocycles. The molecule has 4 fully saturated rings. The molecule has 0 unspecified atom stereocenters. The topological polar surface area (TPSA) is 62.5 Å². The number of nitriles is 1. The second-order valence-electron chi connectivity index (χ2n) is 16.8. The van der Waals surface area contributed by atoms with Gasteiger partial charge in [0.15, 0.2) is 17.5 Å². The second kappa shape index (κ2) is 14.0. The highest BCUT2D eigenvalue weighted by molar-refractivity contribution is 5.97. The van der Waals surface area contributed by atoms with Crippen molar-refractivity contribution in [3.05, 3.63) is 187 Å². The molecule has 4 saturated carbocycles. The minimum absolute atomic E-state index is 0.0230. The number of rotatable bonds is 7. The van der Waals surface area contributed by atoms with Crippen molar-refractivity contribution < 1.29 is 0 Å². The summed E-state index contributed by atoms with van der Waals surface area (Å²) in [6, 6.07) is 62.8. The van der Waals surface area contributed by atoms with Crippen molar-refractivity contribution in [1.82, 2.24) is 15.0 Å². The van der Waals surface area contributed by atoms with Crippen LogP contribution in [0.15, 0.2) is 170 Å². The van der Waals surface area contributed by atoms with Gasteiger partial charge in [-0.15, -0.1) is 0 Å². The van der Waals surface area contributed by atoms with Crippen LogP contribution in [-0.4, -0.2) is 15.0 Å². The summed E-state index contributed by atoms with van der Waals surface area (Å²) in [4.78, 5) is 15.0. The smallest absolute Gasteiger partial charge is 0.164 e. The Morgan fingerprint density at radius 1 is 0.431 bits per heavy atom. The van der Waals surface area contributed by atoms with Gasteiger partial charge in [-0.2, -0.15) is 5.26 Å². The second-order valence-corrected chi connectivity index (χ2v) is 16.8. The van der Waals surface area contributed by atoms with Crippen LogP contribution in [0.5, 0.6) is 0 Å². The van der Waals surface area contributed by atoms with Crippen LogP contribution in [0, 0.1) is 35.0 Å². The molecule has 0 amide bonds.